The molecule has 110 valence electrons. The molecule has 1 saturated carbocycles. The summed E-state index contributed by atoms with van der Waals surface area (Å²) in [5.41, 5.74) is -1.16. The van der Waals surface area contributed by atoms with Crippen LogP contribution in [0.3, 0.4) is 0 Å². The molecule has 0 radical (unpaired) electrons. The van der Waals surface area contributed by atoms with E-state index in [1.807, 2.05) is 0 Å². The van der Waals surface area contributed by atoms with E-state index < -0.39 is 23.6 Å². The number of carbonyl (C=O) groups is 2. The maximum Gasteiger partial charge on any atom is 0.329 e. The summed E-state index contributed by atoms with van der Waals surface area (Å²) in [4.78, 5) is 24.8. The van der Waals surface area contributed by atoms with Gasteiger partial charge in [0.05, 0.1) is 6.10 Å². The Bertz CT molecular complexity index is 336. The van der Waals surface area contributed by atoms with Gasteiger partial charge in [0, 0.05) is 13.6 Å². The van der Waals surface area contributed by atoms with Crippen molar-refractivity contribution in [3.8, 4) is 0 Å². The highest BCUT2D eigenvalue weighted by atomic mass is 16.4. The van der Waals surface area contributed by atoms with Crippen molar-refractivity contribution in [1.29, 1.82) is 0 Å². The molecule has 0 aromatic heterocycles. The third-order valence-corrected chi connectivity index (χ3v) is 3.77. The number of nitrogens with one attached hydrogen (secondary N) is 1. The van der Waals surface area contributed by atoms with Crippen molar-refractivity contribution in [2.24, 2.45) is 5.92 Å². The standard InChI is InChI=1S/C13H24N2O4/c1-9-4-6-13(7-5-9,11(17)18)14-12(19)15(3)8-10(2)16/h9-10,16H,4-8H2,1-3H3,(H,14,19)(H,17,18). The zero-order valence-electron chi connectivity index (χ0n) is 11.8. The van der Waals surface area contributed by atoms with E-state index in [9.17, 15) is 19.8 Å². The third kappa shape index (κ3) is 4.09. The minimum absolute atomic E-state index is 0.179. The first-order valence-electron chi connectivity index (χ1n) is 6.71. The van der Waals surface area contributed by atoms with Crippen molar-refractivity contribution in [3.63, 3.8) is 0 Å². The first-order chi connectivity index (χ1) is 8.77. The lowest BCUT2D eigenvalue weighted by Gasteiger charge is -2.37. The maximum absolute atomic E-state index is 12.0. The van der Waals surface area contributed by atoms with Crippen LogP contribution in [-0.4, -0.2) is 52.3 Å². The number of carboxylic acid groups (broad SMARTS) is 1. The number of carboxylic acids is 1. The molecule has 1 unspecified atom stereocenters. The van der Waals surface area contributed by atoms with Crippen LogP contribution < -0.4 is 5.32 Å². The Kier molecular flexibility index (Phi) is 5.17. The molecule has 1 atom stereocenters. The molecule has 1 aliphatic carbocycles. The number of aliphatic hydroxyl groups excluding tert-OH is 1. The summed E-state index contributed by atoms with van der Waals surface area (Å²) >= 11 is 0. The van der Waals surface area contributed by atoms with Gasteiger partial charge in [-0.1, -0.05) is 6.92 Å². The van der Waals surface area contributed by atoms with Crippen LogP contribution in [0, 0.1) is 5.92 Å². The molecular weight excluding hydrogens is 248 g/mol. The highest BCUT2D eigenvalue weighted by Gasteiger charge is 2.43. The fourth-order valence-corrected chi connectivity index (χ4v) is 2.43. The Hall–Kier alpha value is -1.30. The topological polar surface area (TPSA) is 89.9 Å². The van der Waals surface area contributed by atoms with Crippen LogP contribution in [-0.2, 0) is 4.79 Å². The van der Waals surface area contributed by atoms with Crippen LogP contribution >= 0.6 is 0 Å². The Morgan fingerprint density at radius 1 is 1.42 bits per heavy atom. The number of aliphatic carboxylic acids is 1. The predicted octanol–water partition coefficient (Wildman–Crippen LogP) is 1.04. The number of hydrogen-bond acceptors (Lipinski definition) is 3. The van der Waals surface area contributed by atoms with Crippen molar-refractivity contribution in [1.82, 2.24) is 10.2 Å². The van der Waals surface area contributed by atoms with Crippen LogP contribution in [0.1, 0.15) is 39.5 Å². The monoisotopic (exact) mass is 272 g/mol. The lowest BCUT2D eigenvalue weighted by atomic mass is 9.77. The van der Waals surface area contributed by atoms with E-state index in [-0.39, 0.29) is 6.54 Å². The predicted molar refractivity (Wildman–Crippen MR) is 70.8 cm³/mol. The van der Waals surface area contributed by atoms with E-state index in [1.165, 1.54) is 4.90 Å². The number of urea groups is 1. The van der Waals surface area contributed by atoms with E-state index in [2.05, 4.69) is 12.2 Å². The first-order valence-corrected chi connectivity index (χ1v) is 6.71. The van der Waals surface area contributed by atoms with E-state index in [0.29, 0.717) is 18.8 Å². The molecule has 3 N–H and O–H groups in total. The highest BCUT2D eigenvalue weighted by Crippen LogP contribution is 2.32. The summed E-state index contributed by atoms with van der Waals surface area (Å²) in [6.07, 6.45) is 1.87. The molecule has 0 heterocycles. The van der Waals surface area contributed by atoms with Crippen LogP contribution in [0.4, 0.5) is 4.79 Å². The lowest BCUT2D eigenvalue weighted by Crippen LogP contribution is -2.59. The van der Waals surface area contributed by atoms with Crippen LogP contribution in [0.25, 0.3) is 0 Å². The number of hydrogen-bond donors (Lipinski definition) is 3. The van der Waals surface area contributed by atoms with Crippen molar-refractivity contribution < 1.29 is 19.8 Å². The van der Waals surface area contributed by atoms with Gasteiger partial charge in [-0.3, -0.25) is 0 Å². The summed E-state index contributed by atoms with van der Waals surface area (Å²) in [5, 5.41) is 21.3. The van der Waals surface area contributed by atoms with Gasteiger partial charge in [0.15, 0.2) is 0 Å². The molecule has 0 saturated heterocycles. The average molecular weight is 272 g/mol. The normalized spacial score (nSPS) is 28.5. The third-order valence-electron chi connectivity index (χ3n) is 3.77. The van der Waals surface area contributed by atoms with Gasteiger partial charge < -0.3 is 20.4 Å². The van der Waals surface area contributed by atoms with Gasteiger partial charge in [0.25, 0.3) is 0 Å². The fraction of sp³-hybridized carbons (Fsp3) is 0.846. The molecule has 19 heavy (non-hydrogen) atoms. The Morgan fingerprint density at radius 3 is 2.37 bits per heavy atom. The Labute approximate surface area is 113 Å². The number of rotatable bonds is 4. The Balaban J connectivity index is 2.69. The summed E-state index contributed by atoms with van der Waals surface area (Å²) in [7, 11) is 1.54. The summed E-state index contributed by atoms with van der Waals surface area (Å²) in [6, 6.07) is -0.446. The van der Waals surface area contributed by atoms with E-state index >= 15 is 0 Å². The van der Waals surface area contributed by atoms with Crippen molar-refractivity contribution in [3.05, 3.63) is 0 Å². The van der Waals surface area contributed by atoms with E-state index in [4.69, 9.17) is 0 Å². The fourth-order valence-electron chi connectivity index (χ4n) is 2.43. The second kappa shape index (κ2) is 6.23. The largest absolute Gasteiger partial charge is 0.480 e. The molecule has 1 aliphatic rings. The van der Waals surface area contributed by atoms with Crippen LogP contribution in [0.15, 0.2) is 0 Å². The zero-order chi connectivity index (χ0) is 14.6. The van der Waals surface area contributed by atoms with E-state index in [0.717, 1.165) is 12.8 Å². The molecule has 6 nitrogen and oxygen atoms in total. The zero-order valence-corrected chi connectivity index (χ0v) is 11.8. The molecule has 0 aliphatic heterocycles. The number of amides is 2. The first kappa shape index (κ1) is 15.8. The molecule has 0 bridgehead atoms. The average Bonchev–Trinajstić information content (AvgIpc) is 2.31. The van der Waals surface area contributed by atoms with Gasteiger partial charge in [-0.15, -0.1) is 0 Å². The van der Waals surface area contributed by atoms with Gasteiger partial charge in [-0.25, -0.2) is 9.59 Å². The summed E-state index contributed by atoms with van der Waals surface area (Å²) < 4.78 is 0. The molecule has 0 aromatic rings. The van der Waals surface area contributed by atoms with Crippen LogP contribution in [0.5, 0.6) is 0 Å². The Morgan fingerprint density at radius 2 is 1.95 bits per heavy atom. The van der Waals surface area contributed by atoms with Gasteiger partial charge in [0.2, 0.25) is 0 Å². The number of carbonyl (C=O) groups excluding carboxylic acids is 1. The van der Waals surface area contributed by atoms with Crippen molar-refractivity contribution >= 4 is 12.0 Å². The molecule has 0 aromatic carbocycles. The molecule has 0 spiro atoms. The number of aliphatic hydroxyl groups is 1. The number of nitrogens with zero attached hydrogens (tertiary/aromatic N) is 1. The van der Waals surface area contributed by atoms with Gasteiger partial charge in [-0.05, 0) is 38.5 Å². The van der Waals surface area contributed by atoms with Crippen molar-refractivity contribution in [2.45, 2.75) is 51.2 Å². The minimum Gasteiger partial charge on any atom is -0.480 e. The van der Waals surface area contributed by atoms with Gasteiger partial charge in [0.1, 0.15) is 5.54 Å². The van der Waals surface area contributed by atoms with Crippen LogP contribution in [0.2, 0.25) is 0 Å². The molecule has 1 rings (SSSR count). The smallest absolute Gasteiger partial charge is 0.329 e. The van der Waals surface area contributed by atoms with Gasteiger partial charge in [-0.2, -0.15) is 0 Å². The maximum atomic E-state index is 12.0. The quantitative estimate of drug-likeness (QED) is 0.713. The molecule has 1 fully saturated rings. The summed E-state index contributed by atoms with van der Waals surface area (Å²) in [5.74, 6) is -0.474. The second-order valence-corrected chi connectivity index (χ2v) is 5.73. The number of likely N-dealkylation sites (N-methyl/N-ethyl adjacent to an activating group) is 1. The van der Waals surface area contributed by atoms with Crippen molar-refractivity contribution in [2.75, 3.05) is 13.6 Å². The van der Waals surface area contributed by atoms with E-state index in [1.54, 1.807) is 14.0 Å². The minimum atomic E-state index is -1.16. The molecule has 6 heteroatoms. The summed E-state index contributed by atoms with van der Waals surface area (Å²) in [6.45, 7) is 3.85. The highest BCUT2D eigenvalue weighted by molar-refractivity contribution is 5.86. The second-order valence-electron chi connectivity index (χ2n) is 5.73. The molecule has 2 amide bonds. The van der Waals surface area contributed by atoms with Gasteiger partial charge >= 0.3 is 12.0 Å². The lowest BCUT2D eigenvalue weighted by molar-refractivity contribution is -0.146. The SMILES string of the molecule is CC(O)CN(C)C(=O)NC1(C(=O)O)CCC(C)CC1. The molecular formula is C13H24N2O4.